The number of aromatic amines is 1. The molecule has 0 saturated heterocycles. The van der Waals surface area contributed by atoms with Crippen molar-refractivity contribution < 1.29 is 14.3 Å². The Morgan fingerprint density at radius 2 is 1.70 bits per heavy atom. The van der Waals surface area contributed by atoms with E-state index in [9.17, 15) is 4.79 Å². The number of hydrogen-bond acceptors (Lipinski definition) is 4. The van der Waals surface area contributed by atoms with Crippen LogP contribution in [0.5, 0.6) is 0 Å². The van der Waals surface area contributed by atoms with E-state index in [1.165, 1.54) is 19.3 Å². The van der Waals surface area contributed by atoms with Crippen LogP contribution in [-0.2, 0) is 19.9 Å². The Balaban J connectivity index is 1.64. The van der Waals surface area contributed by atoms with Gasteiger partial charge >= 0.3 is 5.97 Å². The van der Waals surface area contributed by atoms with Gasteiger partial charge in [-0.2, -0.15) is 0 Å². The summed E-state index contributed by atoms with van der Waals surface area (Å²) < 4.78 is 11.6. The molecule has 1 aromatic heterocycles. The molecule has 184 valence electrons. The van der Waals surface area contributed by atoms with Gasteiger partial charge in [-0.25, -0.2) is 4.98 Å². The summed E-state index contributed by atoms with van der Waals surface area (Å²) >= 11 is 12.5. The number of esters is 1. The number of rotatable bonds is 17. The number of aromatic nitrogens is 2. The third-order valence-corrected chi connectivity index (χ3v) is 6.37. The summed E-state index contributed by atoms with van der Waals surface area (Å²) in [6.45, 7) is 5.31. The predicted molar refractivity (Wildman–Crippen MR) is 135 cm³/mol. The van der Waals surface area contributed by atoms with E-state index in [1.54, 1.807) is 18.5 Å². The van der Waals surface area contributed by atoms with Crippen LogP contribution in [0, 0.1) is 0 Å². The number of carbonyl (C=O) groups is 1. The fourth-order valence-electron chi connectivity index (χ4n) is 3.82. The van der Waals surface area contributed by atoms with Crippen molar-refractivity contribution in [3.05, 3.63) is 52.0 Å². The zero-order valence-corrected chi connectivity index (χ0v) is 21.5. The molecule has 5 nitrogen and oxygen atoms in total. The van der Waals surface area contributed by atoms with E-state index in [-0.39, 0.29) is 5.97 Å². The standard InChI is InChI=1S/C26H38Cl2N2O3/c1-3-4-5-8-11-18-32-24(31)13-10-7-6-9-12-19-33-26(2,25-29-16-17-30-25)22-15-14-21(27)20-23(22)28/h14-17,20H,3-13,18-19H2,1-2H3,(H,29,30). The van der Waals surface area contributed by atoms with E-state index in [4.69, 9.17) is 32.7 Å². The third-order valence-electron chi connectivity index (χ3n) is 5.82. The van der Waals surface area contributed by atoms with Gasteiger partial charge in [-0.05, 0) is 38.3 Å². The number of benzene rings is 1. The first-order chi connectivity index (χ1) is 16.0. The fourth-order valence-corrected chi connectivity index (χ4v) is 4.41. The fraction of sp³-hybridized carbons (Fsp3) is 0.615. The van der Waals surface area contributed by atoms with Gasteiger partial charge in [0.2, 0.25) is 0 Å². The number of halogens is 2. The van der Waals surface area contributed by atoms with Gasteiger partial charge in [-0.15, -0.1) is 0 Å². The van der Waals surface area contributed by atoms with Gasteiger partial charge in [0, 0.05) is 41.0 Å². The number of hydrogen-bond donors (Lipinski definition) is 1. The molecule has 1 heterocycles. The van der Waals surface area contributed by atoms with Crippen molar-refractivity contribution in [1.29, 1.82) is 0 Å². The molecule has 0 fully saturated rings. The van der Waals surface area contributed by atoms with Crippen molar-refractivity contribution in [3.8, 4) is 0 Å². The summed E-state index contributed by atoms with van der Waals surface area (Å²) in [5, 5.41) is 1.13. The Morgan fingerprint density at radius 1 is 1.00 bits per heavy atom. The van der Waals surface area contributed by atoms with Crippen LogP contribution in [0.15, 0.2) is 30.6 Å². The number of imidazole rings is 1. The maximum Gasteiger partial charge on any atom is 0.305 e. The number of nitrogens with zero attached hydrogens (tertiary/aromatic N) is 1. The lowest BCUT2D eigenvalue weighted by molar-refractivity contribution is -0.143. The van der Waals surface area contributed by atoms with Gasteiger partial charge in [-0.1, -0.05) is 81.1 Å². The van der Waals surface area contributed by atoms with Gasteiger partial charge < -0.3 is 14.5 Å². The minimum atomic E-state index is -0.786. The largest absolute Gasteiger partial charge is 0.466 e. The lowest BCUT2D eigenvalue weighted by atomic mass is 9.94. The SMILES string of the molecule is CCCCCCCOC(=O)CCCCCCCOC(C)(c1ncc[nH]1)c1ccc(Cl)cc1Cl. The van der Waals surface area contributed by atoms with Crippen molar-refractivity contribution in [1.82, 2.24) is 9.97 Å². The molecule has 1 unspecified atom stereocenters. The number of nitrogens with one attached hydrogen (secondary N) is 1. The number of H-pyrrole nitrogens is 1. The molecule has 7 heteroatoms. The van der Waals surface area contributed by atoms with E-state index < -0.39 is 5.60 Å². The molecular weight excluding hydrogens is 459 g/mol. The van der Waals surface area contributed by atoms with Crippen LogP contribution in [0.4, 0.5) is 0 Å². The monoisotopic (exact) mass is 496 g/mol. The van der Waals surface area contributed by atoms with Crippen molar-refractivity contribution in [2.24, 2.45) is 0 Å². The quantitative estimate of drug-likeness (QED) is 0.179. The van der Waals surface area contributed by atoms with E-state index in [1.807, 2.05) is 19.1 Å². The molecule has 1 N–H and O–H groups in total. The molecule has 0 spiro atoms. The molecular formula is C26H38Cl2N2O3. The molecule has 33 heavy (non-hydrogen) atoms. The highest BCUT2D eigenvalue weighted by molar-refractivity contribution is 6.35. The first kappa shape index (κ1) is 27.7. The molecule has 2 aromatic rings. The summed E-state index contributed by atoms with van der Waals surface area (Å²) in [6.07, 6.45) is 14.7. The Bertz CT molecular complexity index is 814. The van der Waals surface area contributed by atoms with E-state index in [0.29, 0.717) is 35.5 Å². The zero-order valence-electron chi connectivity index (χ0n) is 20.0. The molecule has 1 atom stereocenters. The molecule has 0 aliphatic heterocycles. The van der Waals surface area contributed by atoms with Crippen molar-refractivity contribution in [2.75, 3.05) is 13.2 Å². The lowest BCUT2D eigenvalue weighted by Crippen LogP contribution is -2.30. The van der Waals surface area contributed by atoms with E-state index in [2.05, 4.69) is 16.9 Å². The van der Waals surface area contributed by atoms with Gasteiger partial charge in [0.05, 0.1) is 6.61 Å². The van der Waals surface area contributed by atoms with Crippen LogP contribution in [0.2, 0.25) is 10.0 Å². The summed E-state index contributed by atoms with van der Waals surface area (Å²) in [5.41, 5.74) is 0.0400. The first-order valence-electron chi connectivity index (χ1n) is 12.2. The summed E-state index contributed by atoms with van der Waals surface area (Å²) in [5.74, 6) is 0.637. The molecule has 0 radical (unpaired) electrons. The molecule has 2 rings (SSSR count). The van der Waals surface area contributed by atoms with Crippen molar-refractivity contribution in [3.63, 3.8) is 0 Å². The third kappa shape index (κ3) is 9.68. The second-order valence-corrected chi connectivity index (χ2v) is 9.44. The Labute approximate surface area is 208 Å². The first-order valence-corrected chi connectivity index (χ1v) is 13.0. The minimum absolute atomic E-state index is 0.0668. The van der Waals surface area contributed by atoms with E-state index in [0.717, 1.165) is 50.5 Å². The van der Waals surface area contributed by atoms with Crippen LogP contribution < -0.4 is 0 Å². The smallest absolute Gasteiger partial charge is 0.305 e. The molecule has 1 aromatic carbocycles. The van der Waals surface area contributed by atoms with Crippen LogP contribution >= 0.6 is 23.2 Å². The number of carbonyl (C=O) groups excluding carboxylic acids is 1. The highest BCUT2D eigenvalue weighted by Gasteiger charge is 2.34. The van der Waals surface area contributed by atoms with Crippen LogP contribution in [-0.4, -0.2) is 29.2 Å². The Kier molecular flexibility index (Phi) is 12.9. The van der Waals surface area contributed by atoms with Crippen molar-refractivity contribution >= 4 is 29.2 Å². The van der Waals surface area contributed by atoms with Crippen LogP contribution in [0.3, 0.4) is 0 Å². The second-order valence-electron chi connectivity index (χ2n) is 8.60. The number of unbranched alkanes of at least 4 members (excludes halogenated alkanes) is 8. The zero-order chi connectivity index (χ0) is 23.9. The van der Waals surface area contributed by atoms with Gasteiger partial charge in [0.1, 0.15) is 11.4 Å². The minimum Gasteiger partial charge on any atom is -0.466 e. The predicted octanol–water partition coefficient (Wildman–Crippen LogP) is 7.85. The van der Waals surface area contributed by atoms with Gasteiger partial charge in [0.25, 0.3) is 0 Å². The highest BCUT2D eigenvalue weighted by atomic mass is 35.5. The van der Waals surface area contributed by atoms with Crippen LogP contribution in [0.1, 0.15) is 95.9 Å². The van der Waals surface area contributed by atoms with Gasteiger partial charge in [0.15, 0.2) is 0 Å². The second kappa shape index (κ2) is 15.4. The maximum absolute atomic E-state index is 11.8. The van der Waals surface area contributed by atoms with Gasteiger partial charge in [-0.3, -0.25) is 4.79 Å². The number of ether oxygens (including phenoxy) is 2. The maximum atomic E-state index is 11.8. The summed E-state index contributed by atoms with van der Waals surface area (Å²) in [6, 6.07) is 5.42. The summed E-state index contributed by atoms with van der Waals surface area (Å²) in [4.78, 5) is 19.4. The van der Waals surface area contributed by atoms with E-state index >= 15 is 0 Å². The lowest BCUT2D eigenvalue weighted by Gasteiger charge is -2.29. The average Bonchev–Trinajstić information content (AvgIpc) is 3.33. The van der Waals surface area contributed by atoms with Crippen molar-refractivity contribution in [2.45, 2.75) is 90.1 Å². The Hall–Kier alpha value is -1.56. The topological polar surface area (TPSA) is 64.2 Å². The van der Waals surface area contributed by atoms with Crippen LogP contribution in [0.25, 0.3) is 0 Å². The molecule has 0 aliphatic carbocycles. The molecule has 0 amide bonds. The molecule has 0 aliphatic rings. The molecule has 0 bridgehead atoms. The Morgan fingerprint density at radius 3 is 2.39 bits per heavy atom. The summed E-state index contributed by atoms with van der Waals surface area (Å²) in [7, 11) is 0. The normalized spacial score (nSPS) is 13.1. The highest BCUT2D eigenvalue weighted by Crippen LogP contribution is 2.37. The molecule has 0 saturated carbocycles. The average molecular weight is 498 g/mol.